The maximum Gasteiger partial charge on any atom is 0.262 e. The minimum atomic E-state index is -0.938. The van der Waals surface area contributed by atoms with E-state index in [-0.39, 0.29) is 24.2 Å². The molecule has 1 aromatic rings. The summed E-state index contributed by atoms with van der Waals surface area (Å²) >= 11 is 0. The van der Waals surface area contributed by atoms with E-state index in [1.807, 2.05) is 6.07 Å². The lowest BCUT2D eigenvalue weighted by Crippen LogP contribution is -2.62. The van der Waals surface area contributed by atoms with Gasteiger partial charge < -0.3 is 11.1 Å². The van der Waals surface area contributed by atoms with Crippen molar-refractivity contribution in [1.82, 2.24) is 10.2 Å². The third-order valence-corrected chi connectivity index (χ3v) is 7.38. The lowest BCUT2D eigenvalue weighted by atomic mass is 9.47. The van der Waals surface area contributed by atoms with Crippen molar-refractivity contribution in [1.29, 1.82) is 0 Å². The second-order valence-electron chi connectivity index (χ2n) is 8.66. The topological polar surface area (TPSA) is 122 Å². The number of carbonyl (C=O) groups is 4. The molecule has 3 fully saturated rings. The first-order valence-electron chi connectivity index (χ1n) is 10.3. The van der Waals surface area contributed by atoms with Crippen LogP contribution in [0.4, 0.5) is 5.69 Å². The second-order valence-corrected chi connectivity index (χ2v) is 8.66. The molecular formula is C21H24N4O4. The maximum atomic E-state index is 12.9. The molecular weight excluding hydrogens is 372 g/mol. The number of carbonyl (C=O) groups excluding carboxylic acids is 4. The zero-order valence-electron chi connectivity index (χ0n) is 16.1. The van der Waals surface area contributed by atoms with Crippen molar-refractivity contribution in [2.45, 2.75) is 50.6 Å². The van der Waals surface area contributed by atoms with Gasteiger partial charge >= 0.3 is 0 Å². The average molecular weight is 396 g/mol. The summed E-state index contributed by atoms with van der Waals surface area (Å²) < 4.78 is 0. The number of imide groups is 2. The zero-order valence-corrected chi connectivity index (χ0v) is 16.1. The molecule has 29 heavy (non-hydrogen) atoms. The summed E-state index contributed by atoms with van der Waals surface area (Å²) in [6.45, 7) is 0.705. The number of nitrogens with one attached hydrogen (secondary N) is 2. The van der Waals surface area contributed by atoms with Gasteiger partial charge in [-0.2, -0.15) is 0 Å². The summed E-state index contributed by atoms with van der Waals surface area (Å²) in [6, 6.07) is 4.58. The summed E-state index contributed by atoms with van der Waals surface area (Å²) in [6.07, 6.45) is 4.88. The molecule has 5 rings (SSSR count). The highest BCUT2D eigenvalue weighted by Crippen LogP contribution is 2.60. The van der Waals surface area contributed by atoms with Gasteiger partial charge in [-0.15, -0.1) is 0 Å². The van der Waals surface area contributed by atoms with Crippen LogP contribution in [0.15, 0.2) is 18.2 Å². The molecule has 2 aliphatic carbocycles. The fourth-order valence-electron chi connectivity index (χ4n) is 5.52. The molecule has 2 aliphatic heterocycles. The van der Waals surface area contributed by atoms with E-state index in [0.717, 1.165) is 17.0 Å². The van der Waals surface area contributed by atoms with Gasteiger partial charge in [-0.05, 0) is 61.8 Å². The molecule has 4 amide bonds. The highest BCUT2D eigenvalue weighted by Gasteiger charge is 2.57. The van der Waals surface area contributed by atoms with Gasteiger partial charge in [-0.25, -0.2) is 0 Å². The Hall–Kier alpha value is -2.74. The van der Waals surface area contributed by atoms with Crippen LogP contribution in [0, 0.1) is 11.3 Å². The Morgan fingerprint density at radius 3 is 2.55 bits per heavy atom. The number of nitrogens with zero attached hydrogens (tertiary/aromatic N) is 1. The Kier molecular flexibility index (Phi) is 4.03. The van der Waals surface area contributed by atoms with Crippen molar-refractivity contribution in [2.24, 2.45) is 17.1 Å². The van der Waals surface area contributed by atoms with Crippen LogP contribution in [-0.2, 0) is 9.59 Å². The van der Waals surface area contributed by atoms with Crippen LogP contribution >= 0.6 is 0 Å². The molecule has 1 spiro atoms. The third kappa shape index (κ3) is 2.55. The van der Waals surface area contributed by atoms with Crippen molar-refractivity contribution < 1.29 is 19.2 Å². The van der Waals surface area contributed by atoms with Crippen LogP contribution in [0.25, 0.3) is 0 Å². The van der Waals surface area contributed by atoms with E-state index in [1.54, 1.807) is 12.1 Å². The monoisotopic (exact) mass is 396 g/mol. The summed E-state index contributed by atoms with van der Waals surface area (Å²) in [4.78, 5) is 50.3. The molecule has 3 atom stereocenters. The van der Waals surface area contributed by atoms with Crippen molar-refractivity contribution in [3.05, 3.63) is 29.3 Å². The molecule has 0 radical (unpaired) electrons. The number of hydrogen-bond acceptors (Lipinski definition) is 6. The first-order valence-corrected chi connectivity index (χ1v) is 10.3. The molecule has 4 aliphatic rings. The Balaban J connectivity index is 1.36. The standard InChI is InChI=1S/C21H24N4O4/c22-10-11-8-16(21(11)6-1-7-21)23-12-2-3-13-14(9-12)20(29)25(19(13)28)15-4-5-17(26)24-18(15)27/h2-3,9,11,15-16,23H,1,4-8,10,22H2,(H,24,26,27). The normalized spacial score (nSPS) is 30.0. The average Bonchev–Trinajstić information content (AvgIpc) is 2.88. The van der Waals surface area contributed by atoms with Crippen LogP contribution in [0.5, 0.6) is 0 Å². The summed E-state index contributed by atoms with van der Waals surface area (Å²) in [5, 5.41) is 5.76. The molecule has 4 N–H and O–H groups in total. The van der Waals surface area contributed by atoms with E-state index < -0.39 is 23.8 Å². The van der Waals surface area contributed by atoms with Crippen molar-refractivity contribution in [2.75, 3.05) is 11.9 Å². The minimum absolute atomic E-state index is 0.114. The molecule has 1 saturated heterocycles. The van der Waals surface area contributed by atoms with E-state index in [0.29, 0.717) is 29.6 Å². The smallest absolute Gasteiger partial charge is 0.262 e. The summed E-state index contributed by atoms with van der Waals surface area (Å²) in [5.74, 6) is -1.38. The van der Waals surface area contributed by atoms with Gasteiger partial charge in [0.05, 0.1) is 11.1 Å². The first kappa shape index (κ1) is 18.3. The fraction of sp³-hybridized carbons (Fsp3) is 0.524. The zero-order chi connectivity index (χ0) is 20.3. The Morgan fingerprint density at radius 1 is 1.14 bits per heavy atom. The molecule has 2 saturated carbocycles. The molecule has 8 nitrogen and oxygen atoms in total. The van der Waals surface area contributed by atoms with Crippen molar-refractivity contribution >= 4 is 29.3 Å². The van der Waals surface area contributed by atoms with Crippen LogP contribution < -0.4 is 16.4 Å². The molecule has 8 heteroatoms. The van der Waals surface area contributed by atoms with Gasteiger partial charge in [0, 0.05) is 18.2 Å². The van der Waals surface area contributed by atoms with Crippen LogP contribution in [0.2, 0.25) is 0 Å². The van der Waals surface area contributed by atoms with Crippen molar-refractivity contribution in [3.8, 4) is 0 Å². The summed E-state index contributed by atoms with van der Waals surface area (Å²) in [5.41, 5.74) is 7.61. The number of rotatable bonds is 4. The first-order chi connectivity index (χ1) is 13.9. The molecule has 152 valence electrons. The van der Waals surface area contributed by atoms with Gasteiger partial charge in [0.1, 0.15) is 6.04 Å². The summed E-state index contributed by atoms with van der Waals surface area (Å²) in [7, 11) is 0. The fourth-order valence-corrected chi connectivity index (χ4v) is 5.52. The number of anilines is 1. The molecule has 3 unspecified atom stereocenters. The predicted octanol–water partition coefficient (Wildman–Crippen LogP) is 1.02. The van der Waals surface area contributed by atoms with Gasteiger partial charge in [-0.1, -0.05) is 6.42 Å². The maximum absolute atomic E-state index is 12.9. The lowest BCUT2D eigenvalue weighted by Gasteiger charge is -2.62. The highest BCUT2D eigenvalue weighted by atomic mass is 16.2. The lowest BCUT2D eigenvalue weighted by molar-refractivity contribution is -0.136. The highest BCUT2D eigenvalue weighted by molar-refractivity contribution is 6.23. The molecule has 0 aromatic heterocycles. The predicted molar refractivity (Wildman–Crippen MR) is 104 cm³/mol. The number of hydrogen-bond donors (Lipinski definition) is 3. The third-order valence-electron chi connectivity index (χ3n) is 7.38. The Bertz CT molecular complexity index is 939. The molecule has 0 bridgehead atoms. The Morgan fingerprint density at radius 2 is 1.90 bits per heavy atom. The van der Waals surface area contributed by atoms with E-state index in [2.05, 4.69) is 10.6 Å². The van der Waals surface area contributed by atoms with E-state index in [9.17, 15) is 19.2 Å². The van der Waals surface area contributed by atoms with Gasteiger partial charge in [0.25, 0.3) is 11.8 Å². The van der Waals surface area contributed by atoms with Gasteiger partial charge in [-0.3, -0.25) is 29.4 Å². The largest absolute Gasteiger partial charge is 0.382 e. The second kappa shape index (κ2) is 6.38. The molecule has 2 heterocycles. The number of benzene rings is 1. The van der Waals surface area contributed by atoms with Gasteiger partial charge in [0.2, 0.25) is 11.8 Å². The van der Waals surface area contributed by atoms with E-state index in [1.165, 1.54) is 19.3 Å². The Labute approximate surface area is 168 Å². The van der Waals surface area contributed by atoms with Gasteiger partial charge in [0.15, 0.2) is 0 Å². The van der Waals surface area contributed by atoms with E-state index >= 15 is 0 Å². The van der Waals surface area contributed by atoms with Crippen LogP contribution in [-0.4, -0.2) is 47.2 Å². The minimum Gasteiger partial charge on any atom is -0.382 e. The van der Waals surface area contributed by atoms with Crippen LogP contribution in [0.1, 0.15) is 59.2 Å². The quantitative estimate of drug-likeness (QED) is 0.653. The molecule has 1 aromatic carbocycles. The number of amides is 4. The van der Waals surface area contributed by atoms with E-state index in [4.69, 9.17) is 5.73 Å². The number of fused-ring (bicyclic) bond motifs is 1. The number of piperidine rings is 1. The SMILES string of the molecule is NCC1CC(Nc2ccc3c(c2)C(=O)N(C2CCC(=O)NC2=O)C3=O)C12CCC2. The van der Waals surface area contributed by atoms with Crippen molar-refractivity contribution in [3.63, 3.8) is 0 Å². The van der Waals surface area contributed by atoms with Crippen LogP contribution in [0.3, 0.4) is 0 Å². The number of nitrogens with two attached hydrogens (primary N) is 1.